The van der Waals surface area contributed by atoms with Crippen LogP contribution in [0.1, 0.15) is 16.5 Å². The third kappa shape index (κ3) is 2.70. The Bertz CT molecular complexity index is 991. The molecular weight excluding hydrogens is 320 g/mol. The summed E-state index contributed by atoms with van der Waals surface area (Å²) >= 11 is 1.63. The highest BCUT2D eigenvalue weighted by molar-refractivity contribution is 7.09. The maximum Gasteiger partial charge on any atom is 0.136 e. The Kier molecular flexibility index (Phi) is 3.84. The Morgan fingerprint density at radius 2 is 1.92 bits per heavy atom. The van der Waals surface area contributed by atoms with Crippen molar-refractivity contribution in [1.29, 1.82) is 0 Å². The van der Waals surface area contributed by atoms with Crippen molar-refractivity contribution < 1.29 is 5.11 Å². The summed E-state index contributed by atoms with van der Waals surface area (Å²) in [4.78, 5) is 13.1. The van der Waals surface area contributed by atoms with Gasteiger partial charge >= 0.3 is 0 Å². The molecule has 0 fully saturated rings. The molecule has 0 saturated carbocycles. The predicted molar refractivity (Wildman–Crippen MR) is 94.8 cm³/mol. The van der Waals surface area contributed by atoms with Crippen LogP contribution in [-0.4, -0.2) is 24.6 Å². The third-order valence-electron chi connectivity index (χ3n) is 3.97. The van der Waals surface area contributed by atoms with E-state index in [1.165, 1.54) is 0 Å². The van der Waals surface area contributed by atoms with Gasteiger partial charge in [0.15, 0.2) is 0 Å². The van der Waals surface area contributed by atoms with Gasteiger partial charge in [-0.05, 0) is 42.3 Å². The molecule has 3 aromatic heterocycles. The number of pyridine rings is 1. The van der Waals surface area contributed by atoms with Crippen molar-refractivity contribution >= 4 is 22.4 Å². The highest BCUT2D eigenvalue weighted by atomic mass is 32.1. The zero-order valence-corrected chi connectivity index (χ0v) is 14.0. The number of benzene rings is 1. The van der Waals surface area contributed by atoms with Gasteiger partial charge in [-0.2, -0.15) is 0 Å². The SMILES string of the molecule is Cc1nc(Cn2c(CO)nc3ccc(-c4ccncc4)cc32)cs1. The number of aliphatic hydroxyl groups is 1. The fraction of sp³-hybridized carbons (Fsp3) is 0.167. The lowest BCUT2D eigenvalue weighted by atomic mass is 10.1. The average Bonchev–Trinajstić information content (AvgIpc) is 3.19. The molecule has 4 aromatic rings. The van der Waals surface area contributed by atoms with Crippen LogP contribution in [0.25, 0.3) is 22.2 Å². The minimum Gasteiger partial charge on any atom is -0.388 e. The van der Waals surface area contributed by atoms with E-state index in [1.54, 1.807) is 23.7 Å². The maximum atomic E-state index is 9.68. The Balaban J connectivity index is 1.84. The number of aryl methyl sites for hydroxylation is 1. The Hall–Kier alpha value is -2.57. The number of hydrogen-bond donors (Lipinski definition) is 1. The quantitative estimate of drug-likeness (QED) is 0.620. The lowest BCUT2D eigenvalue weighted by Crippen LogP contribution is -2.05. The van der Waals surface area contributed by atoms with Gasteiger partial charge in [-0.3, -0.25) is 4.98 Å². The lowest BCUT2D eigenvalue weighted by Gasteiger charge is -2.07. The smallest absolute Gasteiger partial charge is 0.136 e. The molecule has 1 N–H and O–H groups in total. The van der Waals surface area contributed by atoms with E-state index in [-0.39, 0.29) is 6.61 Å². The largest absolute Gasteiger partial charge is 0.388 e. The molecule has 0 aliphatic heterocycles. The number of aliphatic hydroxyl groups excluding tert-OH is 1. The molecule has 0 radical (unpaired) electrons. The summed E-state index contributed by atoms with van der Waals surface area (Å²) in [5.74, 6) is 0.655. The Morgan fingerprint density at radius 1 is 1.08 bits per heavy atom. The molecule has 0 amide bonds. The van der Waals surface area contributed by atoms with Crippen molar-refractivity contribution in [3.63, 3.8) is 0 Å². The second kappa shape index (κ2) is 6.14. The zero-order chi connectivity index (χ0) is 16.5. The number of hydrogen-bond acceptors (Lipinski definition) is 5. The summed E-state index contributed by atoms with van der Waals surface area (Å²) in [6.45, 7) is 2.51. The predicted octanol–water partition coefficient (Wildman–Crippen LogP) is 3.40. The average molecular weight is 336 g/mol. The van der Waals surface area contributed by atoms with Gasteiger partial charge in [-0.25, -0.2) is 9.97 Å². The van der Waals surface area contributed by atoms with Gasteiger partial charge in [-0.15, -0.1) is 11.3 Å². The van der Waals surface area contributed by atoms with Crippen LogP contribution in [0.3, 0.4) is 0 Å². The van der Waals surface area contributed by atoms with E-state index in [4.69, 9.17) is 0 Å². The zero-order valence-electron chi connectivity index (χ0n) is 13.2. The van der Waals surface area contributed by atoms with Crippen LogP contribution in [0, 0.1) is 6.92 Å². The summed E-state index contributed by atoms with van der Waals surface area (Å²) in [7, 11) is 0. The molecule has 1 aromatic carbocycles. The minimum absolute atomic E-state index is 0.0949. The first kappa shape index (κ1) is 15.0. The topological polar surface area (TPSA) is 63.8 Å². The fourth-order valence-electron chi connectivity index (χ4n) is 2.84. The summed E-state index contributed by atoms with van der Waals surface area (Å²) in [5.41, 5.74) is 5.07. The van der Waals surface area contributed by atoms with Crippen molar-refractivity contribution in [3.8, 4) is 11.1 Å². The second-order valence-electron chi connectivity index (χ2n) is 5.57. The molecule has 0 aliphatic carbocycles. The van der Waals surface area contributed by atoms with E-state index in [9.17, 15) is 5.11 Å². The first-order valence-electron chi connectivity index (χ1n) is 7.66. The molecule has 0 atom stereocenters. The number of rotatable bonds is 4. The van der Waals surface area contributed by atoms with Crippen LogP contribution in [0.4, 0.5) is 0 Å². The molecule has 0 bridgehead atoms. The summed E-state index contributed by atoms with van der Waals surface area (Å²) in [6.07, 6.45) is 3.57. The van der Waals surface area contributed by atoms with E-state index in [0.29, 0.717) is 12.4 Å². The number of imidazole rings is 1. The van der Waals surface area contributed by atoms with Gasteiger partial charge in [0.1, 0.15) is 12.4 Å². The molecule has 0 spiro atoms. The number of thiazole rings is 1. The molecule has 0 unspecified atom stereocenters. The van der Waals surface area contributed by atoms with E-state index < -0.39 is 0 Å². The molecule has 0 aliphatic rings. The summed E-state index contributed by atoms with van der Waals surface area (Å²) in [6, 6.07) is 10.1. The van der Waals surface area contributed by atoms with Gasteiger partial charge < -0.3 is 9.67 Å². The van der Waals surface area contributed by atoms with Gasteiger partial charge in [0.2, 0.25) is 0 Å². The molecule has 4 rings (SSSR count). The first-order valence-corrected chi connectivity index (χ1v) is 8.54. The van der Waals surface area contributed by atoms with Crippen LogP contribution < -0.4 is 0 Å². The highest BCUT2D eigenvalue weighted by Gasteiger charge is 2.13. The molecule has 0 saturated heterocycles. The second-order valence-corrected chi connectivity index (χ2v) is 6.63. The highest BCUT2D eigenvalue weighted by Crippen LogP contribution is 2.26. The van der Waals surface area contributed by atoms with Gasteiger partial charge in [-0.1, -0.05) is 6.07 Å². The molecule has 120 valence electrons. The van der Waals surface area contributed by atoms with Crippen LogP contribution >= 0.6 is 11.3 Å². The van der Waals surface area contributed by atoms with Crippen molar-refractivity contribution in [1.82, 2.24) is 19.5 Å². The maximum absolute atomic E-state index is 9.68. The van der Waals surface area contributed by atoms with Gasteiger partial charge in [0, 0.05) is 17.8 Å². The van der Waals surface area contributed by atoms with Crippen LogP contribution in [0.2, 0.25) is 0 Å². The van der Waals surface area contributed by atoms with E-state index in [1.807, 2.05) is 35.8 Å². The van der Waals surface area contributed by atoms with Gasteiger partial charge in [0.05, 0.1) is 28.3 Å². The summed E-state index contributed by atoms with van der Waals surface area (Å²) in [5, 5.41) is 12.8. The van der Waals surface area contributed by atoms with Crippen molar-refractivity contribution in [3.05, 3.63) is 64.6 Å². The minimum atomic E-state index is -0.0949. The molecule has 5 nitrogen and oxygen atoms in total. The molecule has 6 heteroatoms. The first-order chi connectivity index (χ1) is 11.7. The Labute approximate surface area is 143 Å². The monoisotopic (exact) mass is 336 g/mol. The van der Waals surface area contributed by atoms with Crippen LogP contribution in [-0.2, 0) is 13.2 Å². The molecular formula is C18H16N4OS. The number of nitrogens with zero attached hydrogens (tertiary/aromatic N) is 4. The standard InChI is InChI=1S/C18H16N4OS/c1-12-20-15(11-24-12)9-22-17-8-14(13-4-6-19-7-5-13)2-3-16(17)21-18(22)10-23/h2-8,11,23H,9-10H2,1H3. The van der Waals surface area contributed by atoms with E-state index >= 15 is 0 Å². The van der Waals surface area contributed by atoms with Crippen molar-refractivity contribution in [2.45, 2.75) is 20.1 Å². The Morgan fingerprint density at radius 3 is 2.62 bits per heavy atom. The van der Waals surface area contributed by atoms with Crippen molar-refractivity contribution in [2.24, 2.45) is 0 Å². The normalized spacial score (nSPS) is 11.2. The fourth-order valence-corrected chi connectivity index (χ4v) is 3.44. The number of fused-ring (bicyclic) bond motifs is 1. The van der Waals surface area contributed by atoms with Crippen LogP contribution in [0.15, 0.2) is 48.1 Å². The molecule has 3 heterocycles. The third-order valence-corrected chi connectivity index (χ3v) is 4.79. The summed E-state index contributed by atoms with van der Waals surface area (Å²) < 4.78 is 2.04. The number of aromatic nitrogens is 4. The van der Waals surface area contributed by atoms with Crippen LogP contribution in [0.5, 0.6) is 0 Å². The molecule has 24 heavy (non-hydrogen) atoms. The van der Waals surface area contributed by atoms with Gasteiger partial charge in [0.25, 0.3) is 0 Å². The van der Waals surface area contributed by atoms with E-state index in [2.05, 4.69) is 26.4 Å². The van der Waals surface area contributed by atoms with Crippen molar-refractivity contribution in [2.75, 3.05) is 0 Å². The van der Waals surface area contributed by atoms with E-state index in [0.717, 1.165) is 32.9 Å². The lowest BCUT2D eigenvalue weighted by molar-refractivity contribution is 0.267.